The Kier molecular flexibility index (Phi) is 9.05. The van der Waals surface area contributed by atoms with E-state index in [-0.39, 0.29) is 66.3 Å². The summed E-state index contributed by atoms with van der Waals surface area (Å²) in [5.74, 6) is -2.48. The van der Waals surface area contributed by atoms with Gasteiger partial charge in [-0.15, -0.1) is 0 Å². The molecule has 0 unspecified atom stereocenters. The van der Waals surface area contributed by atoms with E-state index in [0.717, 1.165) is 43.5 Å². The highest BCUT2D eigenvalue weighted by molar-refractivity contribution is 6.42. The van der Waals surface area contributed by atoms with Gasteiger partial charge in [0.25, 0.3) is 0 Å². The van der Waals surface area contributed by atoms with Crippen molar-refractivity contribution in [1.82, 2.24) is 15.1 Å². The predicted molar refractivity (Wildman–Crippen MR) is 157 cm³/mol. The van der Waals surface area contributed by atoms with Gasteiger partial charge in [0, 0.05) is 38.9 Å². The molecule has 2 aromatic carbocycles. The first-order valence-electron chi connectivity index (χ1n) is 14.2. The normalized spacial score (nSPS) is 19.3. The van der Waals surface area contributed by atoms with Crippen LogP contribution in [0.15, 0.2) is 36.4 Å². The molecule has 3 aliphatic rings. The lowest BCUT2D eigenvalue weighted by Crippen LogP contribution is -2.56. The van der Waals surface area contributed by atoms with E-state index in [1.807, 2.05) is 29.2 Å². The maximum Gasteiger partial charge on any atom is 0.247 e. The van der Waals surface area contributed by atoms with Gasteiger partial charge in [-0.2, -0.15) is 0 Å². The number of rotatable bonds is 9. The van der Waals surface area contributed by atoms with Crippen LogP contribution in [0, 0.1) is 11.2 Å². The van der Waals surface area contributed by atoms with Crippen LogP contribution < -0.4 is 16.4 Å². The Hall–Kier alpha value is -3.21. The monoisotopic (exact) mass is 617 g/mol. The molecule has 12 heteroatoms. The van der Waals surface area contributed by atoms with Gasteiger partial charge in [0.05, 0.1) is 15.7 Å². The summed E-state index contributed by atoms with van der Waals surface area (Å²) in [5, 5.41) is 4.82. The molecule has 5 rings (SSSR count). The number of nitrogens with two attached hydrogens (primary N) is 1. The van der Waals surface area contributed by atoms with Crippen LogP contribution in [0.4, 0.5) is 10.1 Å². The van der Waals surface area contributed by atoms with Crippen LogP contribution in [0.1, 0.15) is 49.7 Å². The number of nitrogens with zero attached hydrogens (tertiary/aromatic N) is 2. The van der Waals surface area contributed by atoms with Crippen LogP contribution in [0.3, 0.4) is 0 Å². The molecule has 4 amide bonds. The van der Waals surface area contributed by atoms with Gasteiger partial charge >= 0.3 is 0 Å². The second-order valence-electron chi connectivity index (χ2n) is 11.4. The quantitative estimate of drug-likeness (QED) is 0.370. The zero-order valence-corrected chi connectivity index (χ0v) is 24.6. The van der Waals surface area contributed by atoms with Crippen LogP contribution in [-0.4, -0.2) is 65.1 Å². The van der Waals surface area contributed by atoms with Crippen molar-refractivity contribution < 1.29 is 23.6 Å². The van der Waals surface area contributed by atoms with Gasteiger partial charge in [-0.05, 0) is 60.9 Å². The van der Waals surface area contributed by atoms with Crippen molar-refractivity contribution in [3.8, 4) is 0 Å². The van der Waals surface area contributed by atoms with Gasteiger partial charge in [-0.25, -0.2) is 4.39 Å². The number of hydrogen-bond donors (Lipinski definition) is 3. The molecule has 42 heavy (non-hydrogen) atoms. The summed E-state index contributed by atoms with van der Waals surface area (Å²) < 4.78 is 14.6. The average molecular weight is 619 g/mol. The maximum absolute atomic E-state index is 14.6. The van der Waals surface area contributed by atoms with Crippen molar-refractivity contribution in [2.75, 3.05) is 25.0 Å². The van der Waals surface area contributed by atoms with Gasteiger partial charge in [0.15, 0.2) is 5.82 Å². The number of anilines is 1. The first kappa shape index (κ1) is 30.3. The summed E-state index contributed by atoms with van der Waals surface area (Å²) in [6, 6.07) is 8.16. The highest BCUT2D eigenvalue weighted by Gasteiger charge is 2.48. The van der Waals surface area contributed by atoms with Gasteiger partial charge in [-0.1, -0.05) is 47.5 Å². The highest BCUT2D eigenvalue weighted by Crippen LogP contribution is 2.52. The van der Waals surface area contributed by atoms with Crippen LogP contribution in [0.25, 0.3) is 0 Å². The maximum atomic E-state index is 14.6. The fraction of sp³-hybridized carbons (Fsp3) is 0.467. The van der Waals surface area contributed by atoms with E-state index in [9.17, 15) is 23.6 Å². The van der Waals surface area contributed by atoms with E-state index < -0.39 is 29.7 Å². The summed E-state index contributed by atoms with van der Waals surface area (Å²) >= 11 is 11.7. The fourth-order valence-corrected chi connectivity index (χ4v) is 6.12. The molecule has 2 fully saturated rings. The third-order valence-corrected chi connectivity index (χ3v) is 9.34. The van der Waals surface area contributed by atoms with Crippen molar-refractivity contribution in [3.05, 3.63) is 63.4 Å². The minimum absolute atomic E-state index is 0.00437. The van der Waals surface area contributed by atoms with Gasteiger partial charge in [0.2, 0.25) is 23.6 Å². The van der Waals surface area contributed by atoms with Crippen molar-refractivity contribution >= 4 is 52.5 Å². The topological polar surface area (TPSA) is 125 Å². The van der Waals surface area contributed by atoms with E-state index >= 15 is 0 Å². The lowest BCUT2D eigenvalue weighted by molar-refractivity contribution is -0.144. The molecule has 1 spiro atoms. The molecule has 2 atom stereocenters. The first-order valence-corrected chi connectivity index (χ1v) is 15.0. The minimum atomic E-state index is -1.10. The summed E-state index contributed by atoms with van der Waals surface area (Å²) in [5.41, 5.74) is 7.67. The third-order valence-electron chi connectivity index (χ3n) is 8.55. The smallest absolute Gasteiger partial charge is 0.247 e. The number of carbonyl (C=O) groups excluding carboxylic acids is 4. The zero-order valence-electron chi connectivity index (χ0n) is 23.1. The Morgan fingerprint density at radius 2 is 1.74 bits per heavy atom. The van der Waals surface area contributed by atoms with Gasteiger partial charge < -0.3 is 26.2 Å². The standard InChI is InChI=1S/C30H34Cl2FN5O4/c31-20-5-6-21(27(33)26(20)32)35-28(41)22(9-13-34)36-29(42)23-15-18-3-1-2-4-19(18)16-38(23)25(40)8-7-24(39)37-14-12-30(17-37)10-11-30/h1-6,22-23H,7-17,34H2,(H,35,41)(H,36,42)/t22-,23-/m0/s1. The molecular formula is C30H34Cl2FN5O4. The molecule has 1 saturated carbocycles. The Labute approximate surface area is 253 Å². The number of fused-ring (bicyclic) bond motifs is 1. The average Bonchev–Trinajstić information content (AvgIpc) is 3.62. The van der Waals surface area contributed by atoms with Crippen LogP contribution >= 0.6 is 23.2 Å². The van der Waals surface area contributed by atoms with Crippen LogP contribution in [0.5, 0.6) is 0 Å². The van der Waals surface area contributed by atoms with E-state index in [4.69, 9.17) is 28.9 Å². The van der Waals surface area contributed by atoms with Gasteiger partial charge in [-0.3, -0.25) is 19.2 Å². The number of hydrogen-bond acceptors (Lipinski definition) is 5. The Morgan fingerprint density at radius 3 is 2.43 bits per heavy atom. The molecular weight excluding hydrogens is 584 g/mol. The first-order chi connectivity index (χ1) is 20.1. The lowest BCUT2D eigenvalue weighted by atomic mass is 9.92. The Bertz CT molecular complexity index is 1400. The molecule has 1 saturated heterocycles. The van der Waals surface area contributed by atoms with Crippen molar-refractivity contribution in [2.24, 2.45) is 11.1 Å². The van der Waals surface area contributed by atoms with Crippen molar-refractivity contribution in [1.29, 1.82) is 0 Å². The second kappa shape index (κ2) is 12.6. The Balaban J connectivity index is 1.27. The lowest BCUT2D eigenvalue weighted by Gasteiger charge is -2.37. The molecule has 2 aromatic rings. The number of carbonyl (C=O) groups is 4. The predicted octanol–water partition coefficient (Wildman–Crippen LogP) is 3.65. The van der Waals surface area contributed by atoms with Gasteiger partial charge in [0.1, 0.15) is 12.1 Å². The molecule has 9 nitrogen and oxygen atoms in total. The summed E-state index contributed by atoms with van der Waals surface area (Å²) in [7, 11) is 0. The number of likely N-dealkylation sites (tertiary alicyclic amines) is 1. The number of nitrogens with one attached hydrogen (secondary N) is 2. The molecule has 2 aliphatic heterocycles. The molecule has 4 N–H and O–H groups in total. The van der Waals surface area contributed by atoms with Crippen molar-refractivity contribution in [3.63, 3.8) is 0 Å². The fourth-order valence-electron chi connectivity index (χ4n) is 5.81. The minimum Gasteiger partial charge on any atom is -0.342 e. The Morgan fingerprint density at radius 1 is 1.02 bits per heavy atom. The molecule has 0 radical (unpaired) electrons. The molecule has 2 heterocycles. The number of benzene rings is 2. The zero-order chi connectivity index (χ0) is 30.0. The molecule has 1 aliphatic carbocycles. The summed E-state index contributed by atoms with van der Waals surface area (Å²) in [6.45, 7) is 1.76. The number of halogens is 3. The summed E-state index contributed by atoms with van der Waals surface area (Å²) in [6.07, 6.45) is 3.72. The highest BCUT2D eigenvalue weighted by atomic mass is 35.5. The van der Waals surface area contributed by atoms with E-state index in [2.05, 4.69) is 10.6 Å². The van der Waals surface area contributed by atoms with E-state index in [1.54, 1.807) is 0 Å². The molecule has 0 aromatic heterocycles. The van der Waals surface area contributed by atoms with E-state index in [0.29, 0.717) is 5.41 Å². The van der Waals surface area contributed by atoms with E-state index in [1.165, 1.54) is 17.0 Å². The van der Waals surface area contributed by atoms with Crippen molar-refractivity contribution in [2.45, 2.75) is 63.6 Å². The second-order valence-corrected chi connectivity index (χ2v) is 12.2. The SMILES string of the molecule is NCC[C@H](NC(=O)[C@@H]1Cc2ccccc2CN1C(=O)CCC(=O)N1CCC2(CC2)C1)C(=O)Nc1ccc(Cl)c(Cl)c1F. The molecule has 0 bridgehead atoms. The molecule has 224 valence electrons. The van der Waals surface area contributed by atoms with Crippen LogP contribution in [0.2, 0.25) is 10.0 Å². The van der Waals surface area contributed by atoms with Crippen LogP contribution in [-0.2, 0) is 32.1 Å². The largest absolute Gasteiger partial charge is 0.342 e. The third kappa shape index (κ3) is 6.55. The summed E-state index contributed by atoms with van der Waals surface area (Å²) in [4.78, 5) is 56.4. The number of amides is 4.